The largest absolute Gasteiger partial charge is 0.465 e. The molecule has 0 aliphatic carbocycles. The Hall–Kier alpha value is -1.57. The van der Waals surface area contributed by atoms with E-state index in [9.17, 15) is 17.9 Å². The lowest BCUT2D eigenvalue weighted by atomic mass is 10.2. The Morgan fingerprint density at radius 2 is 2.00 bits per heavy atom. The molecule has 0 radical (unpaired) electrons. The number of nitrogens with one attached hydrogen (secondary N) is 1. The first-order chi connectivity index (χ1) is 9.77. The van der Waals surface area contributed by atoms with E-state index < -0.39 is 22.4 Å². The van der Waals surface area contributed by atoms with Gasteiger partial charge in [-0.25, -0.2) is 12.8 Å². The first-order valence-corrected chi connectivity index (χ1v) is 7.80. The molecule has 1 aromatic heterocycles. The second kappa shape index (κ2) is 5.67. The number of benzene rings is 1. The number of halogens is 2. The van der Waals surface area contributed by atoms with Gasteiger partial charge in [0.2, 0.25) is 0 Å². The molecule has 0 aliphatic heterocycles. The summed E-state index contributed by atoms with van der Waals surface area (Å²) in [5.74, 6) is -0.402. The number of anilines is 1. The number of aryl methyl sites for hydroxylation is 2. The summed E-state index contributed by atoms with van der Waals surface area (Å²) in [6, 6.07) is 3.81. The van der Waals surface area contributed by atoms with Crippen molar-refractivity contribution >= 4 is 27.3 Å². The highest BCUT2D eigenvalue weighted by atomic mass is 35.5. The number of rotatable bonds is 4. The molecule has 0 bridgehead atoms. The third kappa shape index (κ3) is 2.90. The van der Waals surface area contributed by atoms with Crippen molar-refractivity contribution in [2.24, 2.45) is 0 Å². The predicted molar refractivity (Wildman–Crippen MR) is 76.3 cm³/mol. The van der Waals surface area contributed by atoms with Crippen molar-refractivity contribution in [1.82, 2.24) is 0 Å². The van der Waals surface area contributed by atoms with Crippen LogP contribution in [0.1, 0.15) is 17.1 Å². The molecule has 0 atom stereocenters. The summed E-state index contributed by atoms with van der Waals surface area (Å²) in [6.45, 7) is 2.47. The summed E-state index contributed by atoms with van der Waals surface area (Å²) in [4.78, 5) is -0.207. The third-order valence-electron chi connectivity index (χ3n) is 2.95. The number of hydrogen-bond acceptors (Lipinski definition) is 4. The van der Waals surface area contributed by atoms with Gasteiger partial charge in [-0.2, -0.15) is 0 Å². The normalized spacial score (nSPS) is 11.7. The number of sulfonamides is 1. The van der Waals surface area contributed by atoms with Crippen molar-refractivity contribution in [3.8, 4) is 0 Å². The maximum atomic E-state index is 13.7. The van der Waals surface area contributed by atoms with E-state index in [4.69, 9.17) is 16.0 Å². The van der Waals surface area contributed by atoms with Gasteiger partial charge in [0.05, 0.1) is 11.6 Å². The minimum Gasteiger partial charge on any atom is -0.465 e. The van der Waals surface area contributed by atoms with Crippen LogP contribution in [0.2, 0.25) is 5.02 Å². The lowest BCUT2D eigenvalue weighted by Gasteiger charge is -2.11. The summed E-state index contributed by atoms with van der Waals surface area (Å²) in [6.07, 6.45) is 0. The quantitative estimate of drug-likeness (QED) is 0.901. The summed E-state index contributed by atoms with van der Waals surface area (Å²) < 4.78 is 45.8. The second-order valence-electron chi connectivity index (χ2n) is 4.38. The van der Waals surface area contributed by atoms with Crippen LogP contribution in [0.4, 0.5) is 10.1 Å². The molecule has 0 aliphatic rings. The van der Waals surface area contributed by atoms with Crippen molar-refractivity contribution in [1.29, 1.82) is 0 Å². The van der Waals surface area contributed by atoms with Crippen LogP contribution in [0.15, 0.2) is 27.5 Å². The highest BCUT2D eigenvalue weighted by Crippen LogP contribution is 2.31. The Morgan fingerprint density at radius 3 is 2.57 bits per heavy atom. The molecule has 0 saturated carbocycles. The van der Waals surface area contributed by atoms with E-state index in [-0.39, 0.29) is 32.7 Å². The van der Waals surface area contributed by atoms with Gasteiger partial charge in [0.25, 0.3) is 10.0 Å². The van der Waals surface area contributed by atoms with E-state index in [1.807, 2.05) is 0 Å². The van der Waals surface area contributed by atoms with Crippen LogP contribution < -0.4 is 4.72 Å². The van der Waals surface area contributed by atoms with Gasteiger partial charge in [0.1, 0.15) is 27.9 Å². The molecule has 2 rings (SSSR count). The molecule has 5 nitrogen and oxygen atoms in total. The first kappa shape index (κ1) is 15.8. The van der Waals surface area contributed by atoms with E-state index in [1.54, 1.807) is 0 Å². The Bertz CT molecular complexity index is 765. The summed E-state index contributed by atoms with van der Waals surface area (Å²) >= 11 is 5.80. The van der Waals surface area contributed by atoms with Crippen LogP contribution in [-0.2, 0) is 16.6 Å². The fourth-order valence-corrected chi connectivity index (χ4v) is 3.82. The van der Waals surface area contributed by atoms with Crippen molar-refractivity contribution < 1.29 is 22.3 Å². The molecule has 0 fully saturated rings. The van der Waals surface area contributed by atoms with Gasteiger partial charge in [0, 0.05) is 5.56 Å². The minimum absolute atomic E-state index is 0.0676. The van der Waals surface area contributed by atoms with Gasteiger partial charge in [0.15, 0.2) is 0 Å². The highest BCUT2D eigenvalue weighted by molar-refractivity contribution is 7.92. The van der Waals surface area contributed by atoms with Gasteiger partial charge in [-0.15, -0.1) is 0 Å². The average Bonchev–Trinajstić information content (AvgIpc) is 2.69. The summed E-state index contributed by atoms with van der Waals surface area (Å²) in [5.41, 5.74) is -0.214. The van der Waals surface area contributed by atoms with Gasteiger partial charge in [-0.3, -0.25) is 4.72 Å². The molecule has 0 unspecified atom stereocenters. The van der Waals surface area contributed by atoms with E-state index in [1.165, 1.54) is 26.0 Å². The number of para-hydroxylation sites is 1. The molecular formula is C13H13ClFNO4S. The molecule has 2 N–H and O–H groups in total. The Kier molecular flexibility index (Phi) is 4.27. The fraction of sp³-hybridized carbons (Fsp3) is 0.231. The lowest BCUT2D eigenvalue weighted by molar-refractivity contribution is 0.276. The van der Waals surface area contributed by atoms with Crippen LogP contribution in [0.25, 0.3) is 0 Å². The fourth-order valence-electron chi connectivity index (χ4n) is 2.03. The van der Waals surface area contributed by atoms with Crippen molar-refractivity contribution in [2.75, 3.05) is 4.72 Å². The maximum Gasteiger partial charge on any atom is 0.265 e. The van der Waals surface area contributed by atoms with E-state index in [0.717, 1.165) is 6.07 Å². The molecule has 0 spiro atoms. The Morgan fingerprint density at radius 1 is 1.33 bits per heavy atom. The number of furan rings is 1. The van der Waals surface area contributed by atoms with Gasteiger partial charge < -0.3 is 9.52 Å². The van der Waals surface area contributed by atoms with Crippen LogP contribution in [0, 0.1) is 19.7 Å². The number of hydrogen-bond donors (Lipinski definition) is 2. The zero-order valence-corrected chi connectivity index (χ0v) is 12.8. The van der Waals surface area contributed by atoms with Gasteiger partial charge in [-0.1, -0.05) is 17.7 Å². The molecular weight excluding hydrogens is 321 g/mol. The smallest absolute Gasteiger partial charge is 0.265 e. The zero-order chi connectivity index (χ0) is 15.8. The van der Waals surface area contributed by atoms with Crippen molar-refractivity contribution in [2.45, 2.75) is 25.3 Å². The zero-order valence-electron chi connectivity index (χ0n) is 11.3. The molecule has 1 aromatic carbocycles. The molecule has 8 heteroatoms. The number of aliphatic hydroxyl groups excluding tert-OH is 1. The van der Waals surface area contributed by atoms with Crippen LogP contribution in [0.5, 0.6) is 0 Å². The van der Waals surface area contributed by atoms with Crippen molar-refractivity contribution in [3.63, 3.8) is 0 Å². The number of aliphatic hydroxyl groups is 1. The summed E-state index contributed by atoms with van der Waals surface area (Å²) in [5, 5.41) is 9.23. The van der Waals surface area contributed by atoms with E-state index >= 15 is 0 Å². The maximum absolute atomic E-state index is 13.7. The topological polar surface area (TPSA) is 79.5 Å². The predicted octanol–water partition coefficient (Wildman–Crippen LogP) is 2.98. The molecule has 21 heavy (non-hydrogen) atoms. The molecule has 0 amide bonds. The van der Waals surface area contributed by atoms with Crippen LogP contribution in [-0.4, -0.2) is 13.5 Å². The standard InChI is InChI=1S/C13H13ClFNO4S/c1-7-9(6-17)13(8(2)20-7)21(18,19)16-12-10(14)4-3-5-11(12)15/h3-5,16-17H,6H2,1-2H3. The van der Waals surface area contributed by atoms with Crippen LogP contribution in [0.3, 0.4) is 0 Å². The average molecular weight is 334 g/mol. The SMILES string of the molecule is Cc1oc(C)c(S(=O)(=O)Nc2c(F)cccc2Cl)c1CO. The Labute approximate surface area is 126 Å². The molecule has 1 heterocycles. The second-order valence-corrected chi connectivity index (χ2v) is 6.41. The lowest BCUT2D eigenvalue weighted by Crippen LogP contribution is -2.16. The van der Waals surface area contributed by atoms with E-state index in [0.29, 0.717) is 0 Å². The van der Waals surface area contributed by atoms with Gasteiger partial charge in [-0.05, 0) is 26.0 Å². The monoisotopic (exact) mass is 333 g/mol. The highest BCUT2D eigenvalue weighted by Gasteiger charge is 2.28. The third-order valence-corrected chi connectivity index (χ3v) is 4.81. The molecule has 0 saturated heterocycles. The Balaban J connectivity index is 2.54. The van der Waals surface area contributed by atoms with E-state index in [2.05, 4.69) is 4.72 Å². The minimum atomic E-state index is -4.14. The molecule has 2 aromatic rings. The van der Waals surface area contributed by atoms with Crippen LogP contribution >= 0.6 is 11.6 Å². The first-order valence-electron chi connectivity index (χ1n) is 5.94. The van der Waals surface area contributed by atoms with Crippen molar-refractivity contribution in [3.05, 3.63) is 46.1 Å². The summed E-state index contributed by atoms with van der Waals surface area (Å²) in [7, 11) is -4.14. The molecule has 114 valence electrons. The van der Waals surface area contributed by atoms with Gasteiger partial charge >= 0.3 is 0 Å².